The van der Waals surface area contributed by atoms with Crippen molar-refractivity contribution in [2.75, 3.05) is 33.9 Å². The standard InChI is InChI=1S/C15H30N2O3/c1-5-20-14(18)15(16)9-6-7-13(15)8-10-17(3)12(2)11-19-4/h12-13H,5-11,16H2,1-4H3. The molecule has 0 radical (unpaired) electrons. The minimum atomic E-state index is -0.776. The van der Waals surface area contributed by atoms with Gasteiger partial charge in [0.1, 0.15) is 5.54 Å². The summed E-state index contributed by atoms with van der Waals surface area (Å²) < 4.78 is 10.3. The van der Waals surface area contributed by atoms with E-state index in [1.165, 1.54) is 0 Å². The molecule has 1 saturated carbocycles. The van der Waals surface area contributed by atoms with Crippen LogP contribution in [0.2, 0.25) is 0 Å². The summed E-state index contributed by atoms with van der Waals surface area (Å²) in [5, 5.41) is 0. The highest BCUT2D eigenvalue weighted by Gasteiger charge is 2.46. The molecule has 1 aliphatic rings. The Morgan fingerprint density at radius 3 is 2.85 bits per heavy atom. The third-order valence-corrected chi connectivity index (χ3v) is 4.52. The summed E-state index contributed by atoms with van der Waals surface area (Å²) in [5.74, 6) is -0.00571. The van der Waals surface area contributed by atoms with Crippen LogP contribution in [0.4, 0.5) is 0 Å². The van der Waals surface area contributed by atoms with Crippen molar-refractivity contribution in [3.63, 3.8) is 0 Å². The summed E-state index contributed by atoms with van der Waals surface area (Å²) in [5.41, 5.74) is 5.56. The third kappa shape index (κ3) is 4.17. The van der Waals surface area contributed by atoms with Crippen LogP contribution in [0.25, 0.3) is 0 Å². The van der Waals surface area contributed by atoms with Crippen LogP contribution in [-0.4, -0.2) is 56.4 Å². The van der Waals surface area contributed by atoms with Crippen LogP contribution in [0, 0.1) is 5.92 Å². The van der Waals surface area contributed by atoms with E-state index < -0.39 is 5.54 Å². The fourth-order valence-corrected chi connectivity index (χ4v) is 2.99. The molecule has 5 heteroatoms. The van der Waals surface area contributed by atoms with E-state index >= 15 is 0 Å². The normalized spacial score (nSPS) is 27.8. The maximum absolute atomic E-state index is 12.1. The number of nitrogens with two attached hydrogens (primary N) is 1. The Morgan fingerprint density at radius 2 is 2.25 bits per heavy atom. The van der Waals surface area contributed by atoms with Crippen molar-refractivity contribution in [2.24, 2.45) is 11.7 Å². The highest BCUT2D eigenvalue weighted by Crippen LogP contribution is 2.37. The quantitative estimate of drug-likeness (QED) is 0.683. The van der Waals surface area contributed by atoms with E-state index in [0.717, 1.165) is 32.2 Å². The number of ether oxygens (including phenoxy) is 2. The van der Waals surface area contributed by atoms with Gasteiger partial charge in [-0.3, -0.25) is 4.79 Å². The Kier molecular flexibility index (Phi) is 6.92. The van der Waals surface area contributed by atoms with Gasteiger partial charge in [0, 0.05) is 13.2 Å². The minimum absolute atomic E-state index is 0.221. The SMILES string of the molecule is CCOC(=O)C1(N)CCCC1CCN(C)C(C)COC. The molecule has 1 aliphatic carbocycles. The molecule has 3 atom stereocenters. The topological polar surface area (TPSA) is 64.8 Å². The number of nitrogens with zero attached hydrogens (tertiary/aromatic N) is 1. The van der Waals surface area contributed by atoms with E-state index in [2.05, 4.69) is 18.9 Å². The first-order chi connectivity index (χ1) is 9.45. The molecule has 20 heavy (non-hydrogen) atoms. The van der Waals surface area contributed by atoms with Crippen molar-refractivity contribution in [1.29, 1.82) is 0 Å². The second-order valence-corrected chi connectivity index (χ2v) is 5.92. The number of likely N-dealkylation sites (N-methyl/N-ethyl adjacent to an activating group) is 1. The van der Waals surface area contributed by atoms with Gasteiger partial charge in [-0.15, -0.1) is 0 Å². The van der Waals surface area contributed by atoms with Crippen LogP contribution in [-0.2, 0) is 14.3 Å². The molecule has 0 amide bonds. The molecule has 118 valence electrons. The van der Waals surface area contributed by atoms with Crippen molar-refractivity contribution in [2.45, 2.75) is 51.1 Å². The van der Waals surface area contributed by atoms with Gasteiger partial charge in [0.15, 0.2) is 0 Å². The van der Waals surface area contributed by atoms with Crippen LogP contribution in [0.15, 0.2) is 0 Å². The van der Waals surface area contributed by atoms with E-state index in [0.29, 0.717) is 19.3 Å². The molecule has 2 N–H and O–H groups in total. The molecular formula is C15H30N2O3. The molecule has 0 bridgehead atoms. The summed E-state index contributed by atoms with van der Waals surface area (Å²) in [6.07, 6.45) is 3.70. The average Bonchev–Trinajstić information content (AvgIpc) is 2.79. The summed E-state index contributed by atoms with van der Waals surface area (Å²) in [6.45, 7) is 6.00. The number of esters is 1. The Bertz CT molecular complexity index is 311. The highest BCUT2D eigenvalue weighted by atomic mass is 16.5. The van der Waals surface area contributed by atoms with Crippen molar-refractivity contribution in [3.8, 4) is 0 Å². The van der Waals surface area contributed by atoms with Crippen molar-refractivity contribution < 1.29 is 14.3 Å². The molecule has 0 saturated heterocycles. The molecule has 0 aromatic heterocycles. The zero-order valence-electron chi connectivity index (χ0n) is 13.4. The molecule has 5 nitrogen and oxygen atoms in total. The van der Waals surface area contributed by atoms with Gasteiger partial charge >= 0.3 is 5.97 Å². The average molecular weight is 286 g/mol. The predicted molar refractivity (Wildman–Crippen MR) is 79.5 cm³/mol. The molecule has 0 spiro atoms. The lowest BCUT2D eigenvalue weighted by Gasteiger charge is -2.31. The summed E-state index contributed by atoms with van der Waals surface area (Å²) in [7, 11) is 3.80. The van der Waals surface area contributed by atoms with Crippen LogP contribution in [0.3, 0.4) is 0 Å². The van der Waals surface area contributed by atoms with Gasteiger partial charge in [-0.05, 0) is 52.6 Å². The first-order valence-electron chi connectivity index (χ1n) is 7.61. The molecule has 0 heterocycles. The second kappa shape index (κ2) is 7.96. The van der Waals surface area contributed by atoms with Gasteiger partial charge in [0.25, 0.3) is 0 Å². The van der Waals surface area contributed by atoms with Crippen molar-refractivity contribution >= 4 is 5.97 Å². The molecule has 1 fully saturated rings. The molecule has 0 aromatic carbocycles. The van der Waals surface area contributed by atoms with Crippen LogP contribution in [0.5, 0.6) is 0 Å². The first-order valence-corrected chi connectivity index (χ1v) is 7.61. The third-order valence-electron chi connectivity index (χ3n) is 4.52. The fourth-order valence-electron chi connectivity index (χ4n) is 2.99. The highest BCUT2D eigenvalue weighted by molar-refractivity contribution is 5.81. The Labute approximate surface area is 122 Å². The van der Waals surface area contributed by atoms with Gasteiger partial charge < -0.3 is 20.1 Å². The number of hydrogen-bond acceptors (Lipinski definition) is 5. The summed E-state index contributed by atoms with van der Waals surface area (Å²) in [6, 6.07) is 0.371. The maximum Gasteiger partial charge on any atom is 0.326 e. The number of carbonyl (C=O) groups is 1. The van der Waals surface area contributed by atoms with Crippen molar-refractivity contribution in [1.82, 2.24) is 4.90 Å². The lowest BCUT2D eigenvalue weighted by Crippen LogP contribution is -2.52. The van der Waals surface area contributed by atoms with Gasteiger partial charge in [-0.25, -0.2) is 0 Å². The fraction of sp³-hybridized carbons (Fsp3) is 0.933. The Hall–Kier alpha value is -0.650. The molecule has 0 aliphatic heterocycles. The van der Waals surface area contributed by atoms with Gasteiger partial charge in [-0.1, -0.05) is 6.42 Å². The van der Waals surface area contributed by atoms with E-state index in [1.807, 2.05) is 6.92 Å². The van der Waals surface area contributed by atoms with Gasteiger partial charge in [-0.2, -0.15) is 0 Å². The van der Waals surface area contributed by atoms with E-state index in [-0.39, 0.29) is 11.9 Å². The Morgan fingerprint density at radius 1 is 1.55 bits per heavy atom. The zero-order valence-corrected chi connectivity index (χ0v) is 13.4. The molecule has 3 unspecified atom stereocenters. The lowest BCUT2D eigenvalue weighted by atomic mass is 9.85. The van der Waals surface area contributed by atoms with Gasteiger partial charge in [0.05, 0.1) is 13.2 Å². The van der Waals surface area contributed by atoms with E-state index in [4.69, 9.17) is 15.2 Å². The summed E-state index contributed by atoms with van der Waals surface area (Å²) in [4.78, 5) is 14.3. The largest absolute Gasteiger partial charge is 0.465 e. The molecular weight excluding hydrogens is 256 g/mol. The molecule has 0 aromatic rings. The number of methoxy groups -OCH3 is 1. The maximum atomic E-state index is 12.1. The van der Waals surface area contributed by atoms with E-state index in [9.17, 15) is 4.79 Å². The minimum Gasteiger partial charge on any atom is -0.465 e. The first kappa shape index (κ1) is 17.4. The smallest absolute Gasteiger partial charge is 0.326 e. The zero-order chi connectivity index (χ0) is 15.2. The van der Waals surface area contributed by atoms with Crippen LogP contribution in [0.1, 0.15) is 39.5 Å². The molecule has 1 rings (SSSR count). The number of carbonyl (C=O) groups excluding carboxylic acids is 1. The number of hydrogen-bond donors (Lipinski definition) is 1. The van der Waals surface area contributed by atoms with Crippen LogP contribution < -0.4 is 5.73 Å². The van der Waals surface area contributed by atoms with Crippen molar-refractivity contribution in [3.05, 3.63) is 0 Å². The predicted octanol–water partition coefficient (Wildman–Crippen LogP) is 1.40. The van der Waals surface area contributed by atoms with E-state index in [1.54, 1.807) is 7.11 Å². The number of rotatable bonds is 8. The summed E-state index contributed by atoms with van der Waals surface area (Å²) >= 11 is 0. The Balaban J connectivity index is 2.51. The van der Waals surface area contributed by atoms with Crippen LogP contribution >= 0.6 is 0 Å². The monoisotopic (exact) mass is 286 g/mol. The second-order valence-electron chi connectivity index (χ2n) is 5.92. The lowest BCUT2D eigenvalue weighted by molar-refractivity contribution is -0.151. The van der Waals surface area contributed by atoms with Gasteiger partial charge in [0.2, 0.25) is 0 Å².